The van der Waals surface area contributed by atoms with Gasteiger partial charge in [-0.05, 0) is 18.6 Å². The molecule has 0 saturated carbocycles. The molecule has 72 valence electrons. The first-order valence-corrected chi connectivity index (χ1v) is 5.34. The molecular formula is C10H8ClNOS. The van der Waals surface area contributed by atoms with E-state index in [0.29, 0.717) is 0 Å². The summed E-state index contributed by atoms with van der Waals surface area (Å²) in [5, 5.41) is 1.93. The van der Waals surface area contributed by atoms with Gasteiger partial charge in [-0.15, -0.1) is 0 Å². The molecule has 0 unspecified atom stereocenters. The van der Waals surface area contributed by atoms with E-state index in [1.807, 2.05) is 31.2 Å². The lowest BCUT2D eigenvalue weighted by Crippen LogP contribution is -2.11. The van der Waals surface area contributed by atoms with Crippen LogP contribution in [0.4, 0.5) is 0 Å². The monoisotopic (exact) mass is 225 g/mol. The lowest BCUT2D eigenvalue weighted by atomic mass is 10.2. The van der Waals surface area contributed by atoms with Gasteiger partial charge >= 0.3 is 0 Å². The third kappa shape index (κ3) is 1.49. The molecule has 0 radical (unpaired) electrons. The number of aromatic nitrogens is 1. The molecule has 0 N–H and O–H groups in total. The Morgan fingerprint density at radius 2 is 2.07 bits per heavy atom. The van der Waals surface area contributed by atoms with Crippen LogP contribution in [0.3, 0.4) is 0 Å². The minimum atomic E-state index is -0.147. The summed E-state index contributed by atoms with van der Waals surface area (Å²) in [5.41, 5.74) is 1.81. The van der Waals surface area contributed by atoms with Crippen LogP contribution in [-0.4, -0.2) is 3.96 Å². The van der Waals surface area contributed by atoms with Crippen molar-refractivity contribution >= 4 is 23.1 Å². The zero-order valence-electron chi connectivity index (χ0n) is 7.53. The van der Waals surface area contributed by atoms with Crippen molar-refractivity contribution < 1.29 is 0 Å². The van der Waals surface area contributed by atoms with Crippen molar-refractivity contribution in [3.05, 3.63) is 50.6 Å². The van der Waals surface area contributed by atoms with Crippen LogP contribution in [0.5, 0.6) is 0 Å². The molecule has 0 fully saturated rings. The zero-order valence-corrected chi connectivity index (χ0v) is 9.10. The number of rotatable bonds is 1. The van der Waals surface area contributed by atoms with Crippen molar-refractivity contribution in [1.29, 1.82) is 0 Å². The van der Waals surface area contributed by atoms with Gasteiger partial charge in [0.25, 0.3) is 5.56 Å². The number of hydrogen-bond donors (Lipinski definition) is 0. The molecule has 0 atom stereocenters. The van der Waals surface area contributed by atoms with Crippen LogP contribution >= 0.6 is 23.1 Å². The molecular weight excluding hydrogens is 218 g/mol. The molecule has 4 heteroatoms. The van der Waals surface area contributed by atoms with E-state index < -0.39 is 0 Å². The van der Waals surface area contributed by atoms with E-state index in [4.69, 9.17) is 11.6 Å². The first-order chi connectivity index (χ1) is 6.70. The quantitative estimate of drug-likeness (QED) is 0.732. The Morgan fingerprint density at radius 3 is 2.64 bits per heavy atom. The molecule has 0 aliphatic carbocycles. The molecule has 2 aromatic rings. The second kappa shape index (κ2) is 3.59. The van der Waals surface area contributed by atoms with Crippen molar-refractivity contribution in [2.75, 3.05) is 0 Å². The summed E-state index contributed by atoms with van der Waals surface area (Å²) in [5.74, 6) is 0. The van der Waals surface area contributed by atoms with Gasteiger partial charge < -0.3 is 0 Å². The fraction of sp³-hybridized carbons (Fsp3) is 0.100. The van der Waals surface area contributed by atoms with Crippen molar-refractivity contribution in [3.63, 3.8) is 0 Å². The van der Waals surface area contributed by atoms with E-state index in [1.165, 1.54) is 11.5 Å². The first-order valence-electron chi connectivity index (χ1n) is 4.12. The van der Waals surface area contributed by atoms with Gasteiger partial charge in [0, 0.05) is 5.38 Å². The molecule has 1 aromatic carbocycles. The average Bonchev–Trinajstić information content (AvgIpc) is 2.49. The molecule has 0 bridgehead atoms. The van der Waals surface area contributed by atoms with Crippen molar-refractivity contribution in [1.82, 2.24) is 3.96 Å². The predicted octanol–water partition coefficient (Wildman–Crippen LogP) is 2.86. The molecule has 14 heavy (non-hydrogen) atoms. The second-order valence-corrected chi connectivity index (χ2v) is 4.18. The molecule has 2 rings (SSSR count). The third-order valence-electron chi connectivity index (χ3n) is 1.98. The number of benzene rings is 1. The first kappa shape index (κ1) is 9.49. The summed E-state index contributed by atoms with van der Waals surface area (Å²) in [4.78, 5) is 11.6. The zero-order chi connectivity index (χ0) is 10.1. The minimum Gasteiger partial charge on any atom is -0.266 e. The van der Waals surface area contributed by atoms with Gasteiger partial charge in [-0.25, -0.2) is 3.96 Å². The minimum absolute atomic E-state index is 0.147. The Morgan fingerprint density at radius 1 is 1.36 bits per heavy atom. The van der Waals surface area contributed by atoms with Crippen LogP contribution in [0, 0.1) is 6.92 Å². The van der Waals surface area contributed by atoms with Gasteiger partial charge in [0.2, 0.25) is 0 Å². The lowest BCUT2D eigenvalue weighted by molar-refractivity contribution is 1.11. The molecule has 0 aliphatic rings. The highest BCUT2D eigenvalue weighted by Crippen LogP contribution is 2.16. The maximum atomic E-state index is 11.6. The highest BCUT2D eigenvalue weighted by Gasteiger charge is 2.07. The molecule has 1 heterocycles. The largest absolute Gasteiger partial charge is 0.284 e. The summed E-state index contributed by atoms with van der Waals surface area (Å²) >= 11 is 7.02. The third-order valence-corrected chi connectivity index (χ3v) is 3.30. The van der Waals surface area contributed by atoms with E-state index in [9.17, 15) is 4.79 Å². The summed E-state index contributed by atoms with van der Waals surface area (Å²) < 4.78 is 1.59. The van der Waals surface area contributed by atoms with Crippen LogP contribution in [-0.2, 0) is 0 Å². The highest BCUT2D eigenvalue weighted by molar-refractivity contribution is 7.05. The fourth-order valence-corrected chi connectivity index (χ4v) is 2.32. The summed E-state index contributed by atoms with van der Waals surface area (Å²) in [7, 11) is 0. The van der Waals surface area contributed by atoms with Crippen molar-refractivity contribution in [2.45, 2.75) is 6.92 Å². The van der Waals surface area contributed by atoms with Gasteiger partial charge in [-0.2, -0.15) is 0 Å². The molecule has 0 amide bonds. The van der Waals surface area contributed by atoms with Gasteiger partial charge in [-0.1, -0.05) is 41.3 Å². The maximum Gasteiger partial charge on any atom is 0.284 e. The van der Waals surface area contributed by atoms with Gasteiger partial charge in [0.1, 0.15) is 5.02 Å². The average molecular weight is 226 g/mol. The van der Waals surface area contributed by atoms with E-state index in [0.717, 1.165) is 11.3 Å². The van der Waals surface area contributed by atoms with Crippen LogP contribution in [0.15, 0.2) is 34.4 Å². The van der Waals surface area contributed by atoms with Crippen LogP contribution in [0.2, 0.25) is 5.02 Å². The summed E-state index contributed by atoms with van der Waals surface area (Å²) in [6.45, 7) is 1.97. The second-order valence-electron chi connectivity index (χ2n) is 2.96. The van der Waals surface area contributed by atoms with Crippen LogP contribution in [0.25, 0.3) is 5.69 Å². The normalized spacial score (nSPS) is 10.4. The molecule has 1 aromatic heterocycles. The fourth-order valence-electron chi connectivity index (χ4n) is 1.25. The topological polar surface area (TPSA) is 22.0 Å². The van der Waals surface area contributed by atoms with Crippen molar-refractivity contribution in [2.24, 2.45) is 0 Å². The Hall–Kier alpha value is -1.06. The molecule has 0 saturated heterocycles. The Labute approximate surface area is 90.5 Å². The number of hydrogen-bond acceptors (Lipinski definition) is 2. The lowest BCUT2D eigenvalue weighted by Gasteiger charge is -2.03. The van der Waals surface area contributed by atoms with E-state index in [2.05, 4.69) is 0 Å². The van der Waals surface area contributed by atoms with E-state index in [-0.39, 0.29) is 10.6 Å². The summed E-state index contributed by atoms with van der Waals surface area (Å²) in [6, 6.07) is 7.72. The number of halogens is 1. The van der Waals surface area contributed by atoms with E-state index >= 15 is 0 Å². The SMILES string of the molecule is Cc1ccccc1-n1scc(Cl)c1=O. The number of para-hydroxylation sites is 1. The standard InChI is InChI=1S/C10H8ClNOS/c1-7-4-2-3-5-9(7)12-10(13)8(11)6-14-12/h2-6H,1H3. The van der Waals surface area contributed by atoms with Gasteiger partial charge in [0.05, 0.1) is 5.69 Å². The van der Waals surface area contributed by atoms with E-state index in [1.54, 1.807) is 9.34 Å². The van der Waals surface area contributed by atoms with Crippen LogP contribution < -0.4 is 5.56 Å². The van der Waals surface area contributed by atoms with Gasteiger partial charge in [0.15, 0.2) is 0 Å². The highest BCUT2D eigenvalue weighted by atomic mass is 35.5. The van der Waals surface area contributed by atoms with Crippen LogP contribution in [0.1, 0.15) is 5.56 Å². The number of nitrogens with zero attached hydrogens (tertiary/aromatic N) is 1. The smallest absolute Gasteiger partial charge is 0.266 e. The molecule has 0 spiro atoms. The Kier molecular flexibility index (Phi) is 2.44. The number of aryl methyl sites for hydroxylation is 1. The Balaban J connectivity index is 2.67. The summed E-state index contributed by atoms with van der Waals surface area (Å²) in [6.07, 6.45) is 0. The Bertz CT molecular complexity index is 515. The van der Waals surface area contributed by atoms with Gasteiger partial charge in [-0.3, -0.25) is 4.79 Å². The molecule has 2 nitrogen and oxygen atoms in total. The maximum absolute atomic E-state index is 11.6. The van der Waals surface area contributed by atoms with Crippen molar-refractivity contribution in [3.8, 4) is 5.69 Å². The predicted molar refractivity (Wildman–Crippen MR) is 59.7 cm³/mol. The molecule has 0 aliphatic heterocycles.